The van der Waals surface area contributed by atoms with Gasteiger partial charge in [0, 0.05) is 25.5 Å². The molecule has 7 heteroatoms. The molecule has 4 heterocycles. The van der Waals surface area contributed by atoms with Gasteiger partial charge in [-0.25, -0.2) is 4.98 Å². The van der Waals surface area contributed by atoms with Gasteiger partial charge in [-0.05, 0) is 24.3 Å². The molecule has 0 saturated carbocycles. The number of carbonyl (C=O) groups is 1. The molecule has 0 unspecified atom stereocenters. The van der Waals surface area contributed by atoms with Gasteiger partial charge >= 0.3 is 0 Å². The Labute approximate surface area is 145 Å². The summed E-state index contributed by atoms with van der Waals surface area (Å²) in [5, 5.41) is 2.90. The van der Waals surface area contributed by atoms with E-state index in [1.165, 1.54) is 0 Å². The van der Waals surface area contributed by atoms with Crippen LogP contribution in [-0.4, -0.2) is 46.6 Å². The molecular formula is C18H19N5O2. The lowest BCUT2D eigenvalue weighted by Crippen LogP contribution is -2.37. The van der Waals surface area contributed by atoms with E-state index in [-0.39, 0.29) is 5.91 Å². The van der Waals surface area contributed by atoms with Crippen LogP contribution in [0.1, 0.15) is 16.2 Å². The van der Waals surface area contributed by atoms with Crippen LogP contribution in [0, 0.1) is 0 Å². The van der Waals surface area contributed by atoms with E-state index in [0.29, 0.717) is 25.5 Å². The van der Waals surface area contributed by atoms with Crippen molar-refractivity contribution in [3.63, 3.8) is 0 Å². The summed E-state index contributed by atoms with van der Waals surface area (Å²) in [5.41, 5.74) is 2.04. The van der Waals surface area contributed by atoms with Gasteiger partial charge in [0.2, 0.25) is 5.95 Å². The summed E-state index contributed by atoms with van der Waals surface area (Å²) in [6.45, 7) is 3.25. The lowest BCUT2D eigenvalue weighted by Gasteiger charge is -2.27. The average molecular weight is 337 g/mol. The van der Waals surface area contributed by atoms with Gasteiger partial charge < -0.3 is 15.0 Å². The maximum atomic E-state index is 12.7. The molecule has 0 aromatic carbocycles. The second-order valence-corrected chi connectivity index (χ2v) is 5.82. The third-order valence-electron chi connectivity index (χ3n) is 4.19. The molecule has 0 aliphatic carbocycles. The average Bonchev–Trinajstić information content (AvgIpc) is 3.07. The minimum absolute atomic E-state index is 0.200. The molecule has 0 bridgehead atoms. The van der Waals surface area contributed by atoms with Crippen LogP contribution in [0.25, 0.3) is 5.52 Å². The molecule has 0 atom stereocenters. The SMILES string of the molecule is O=C(NCc1ccccn1)c1nc(N2CCOCC2)n2ccccc12. The molecule has 1 amide bonds. The Morgan fingerprint density at radius 3 is 2.80 bits per heavy atom. The lowest BCUT2D eigenvalue weighted by molar-refractivity contribution is 0.0947. The lowest BCUT2D eigenvalue weighted by atomic mass is 10.3. The van der Waals surface area contributed by atoms with Crippen molar-refractivity contribution >= 4 is 17.4 Å². The Morgan fingerprint density at radius 2 is 2.00 bits per heavy atom. The summed E-state index contributed by atoms with van der Waals surface area (Å²) in [5.74, 6) is 0.579. The predicted octanol–water partition coefficient (Wildman–Crippen LogP) is 1.50. The van der Waals surface area contributed by atoms with Gasteiger partial charge in [0.25, 0.3) is 5.91 Å². The maximum absolute atomic E-state index is 12.7. The number of carbonyl (C=O) groups excluding carboxylic acids is 1. The summed E-state index contributed by atoms with van der Waals surface area (Å²) in [6, 6.07) is 11.4. The predicted molar refractivity (Wildman–Crippen MR) is 93.6 cm³/mol. The number of ether oxygens (including phenoxy) is 1. The molecule has 0 spiro atoms. The van der Waals surface area contributed by atoms with Crippen LogP contribution in [0.15, 0.2) is 48.8 Å². The van der Waals surface area contributed by atoms with Crippen LogP contribution in [0.5, 0.6) is 0 Å². The van der Waals surface area contributed by atoms with Crippen molar-refractivity contribution in [2.75, 3.05) is 31.2 Å². The minimum Gasteiger partial charge on any atom is -0.378 e. The van der Waals surface area contributed by atoms with Crippen molar-refractivity contribution in [3.05, 3.63) is 60.2 Å². The van der Waals surface area contributed by atoms with Crippen molar-refractivity contribution < 1.29 is 9.53 Å². The number of anilines is 1. The molecule has 1 aliphatic heterocycles. The number of imidazole rings is 1. The molecule has 128 valence electrons. The van der Waals surface area contributed by atoms with Crippen LogP contribution in [0.3, 0.4) is 0 Å². The molecular weight excluding hydrogens is 318 g/mol. The highest BCUT2D eigenvalue weighted by molar-refractivity contribution is 5.99. The Morgan fingerprint density at radius 1 is 1.16 bits per heavy atom. The molecule has 1 fully saturated rings. The van der Waals surface area contributed by atoms with E-state index in [4.69, 9.17) is 4.74 Å². The van der Waals surface area contributed by atoms with Gasteiger partial charge in [-0.2, -0.15) is 0 Å². The Bertz CT molecular complexity index is 872. The fourth-order valence-corrected chi connectivity index (χ4v) is 2.93. The van der Waals surface area contributed by atoms with Gasteiger partial charge in [-0.15, -0.1) is 0 Å². The maximum Gasteiger partial charge on any atom is 0.272 e. The van der Waals surface area contributed by atoms with Crippen LogP contribution in [-0.2, 0) is 11.3 Å². The van der Waals surface area contributed by atoms with E-state index in [9.17, 15) is 4.79 Å². The van der Waals surface area contributed by atoms with Crippen molar-refractivity contribution in [3.8, 4) is 0 Å². The largest absolute Gasteiger partial charge is 0.378 e. The number of rotatable bonds is 4. The quantitative estimate of drug-likeness (QED) is 0.781. The minimum atomic E-state index is -0.200. The molecule has 25 heavy (non-hydrogen) atoms. The molecule has 1 aliphatic rings. The second-order valence-electron chi connectivity index (χ2n) is 5.82. The van der Waals surface area contributed by atoms with E-state index in [1.807, 2.05) is 47.0 Å². The highest BCUT2D eigenvalue weighted by Crippen LogP contribution is 2.21. The van der Waals surface area contributed by atoms with Crippen molar-refractivity contribution in [1.82, 2.24) is 19.7 Å². The third kappa shape index (κ3) is 3.18. The summed E-state index contributed by atoms with van der Waals surface area (Å²) in [4.78, 5) is 23.7. The molecule has 1 saturated heterocycles. The normalized spacial score (nSPS) is 14.6. The molecule has 4 rings (SSSR count). The summed E-state index contributed by atoms with van der Waals surface area (Å²) in [6.07, 6.45) is 3.65. The number of hydrogen-bond donors (Lipinski definition) is 1. The number of amides is 1. The van der Waals surface area contributed by atoms with Gasteiger partial charge in [0.15, 0.2) is 5.69 Å². The summed E-state index contributed by atoms with van der Waals surface area (Å²) >= 11 is 0. The number of pyridine rings is 2. The number of aromatic nitrogens is 3. The molecule has 1 N–H and O–H groups in total. The Hall–Kier alpha value is -2.93. The summed E-state index contributed by atoms with van der Waals surface area (Å²) < 4.78 is 7.37. The fraction of sp³-hybridized carbons (Fsp3) is 0.278. The first-order valence-electron chi connectivity index (χ1n) is 8.31. The van der Waals surface area contributed by atoms with E-state index in [1.54, 1.807) is 6.20 Å². The molecule has 7 nitrogen and oxygen atoms in total. The Balaban J connectivity index is 1.61. The third-order valence-corrected chi connectivity index (χ3v) is 4.19. The smallest absolute Gasteiger partial charge is 0.272 e. The monoisotopic (exact) mass is 337 g/mol. The van der Waals surface area contributed by atoms with Crippen molar-refractivity contribution in [2.24, 2.45) is 0 Å². The van der Waals surface area contributed by atoms with E-state index in [2.05, 4.69) is 20.2 Å². The second kappa shape index (κ2) is 6.90. The van der Waals surface area contributed by atoms with Gasteiger partial charge in [0.1, 0.15) is 0 Å². The number of nitrogens with zero attached hydrogens (tertiary/aromatic N) is 4. The topological polar surface area (TPSA) is 71.8 Å². The van der Waals surface area contributed by atoms with E-state index in [0.717, 1.165) is 30.2 Å². The highest BCUT2D eigenvalue weighted by atomic mass is 16.5. The first-order chi connectivity index (χ1) is 12.3. The number of morpholine rings is 1. The van der Waals surface area contributed by atoms with Crippen LogP contribution in [0.4, 0.5) is 5.95 Å². The van der Waals surface area contributed by atoms with Crippen LogP contribution in [0.2, 0.25) is 0 Å². The molecule has 3 aromatic heterocycles. The zero-order valence-corrected chi connectivity index (χ0v) is 13.8. The number of hydrogen-bond acceptors (Lipinski definition) is 5. The van der Waals surface area contributed by atoms with Crippen LogP contribution >= 0.6 is 0 Å². The van der Waals surface area contributed by atoms with Gasteiger partial charge in [0.05, 0.1) is 31.0 Å². The fourth-order valence-electron chi connectivity index (χ4n) is 2.93. The number of fused-ring (bicyclic) bond motifs is 1. The first kappa shape index (κ1) is 15.6. The Kier molecular flexibility index (Phi) is 4.30. The summed E-state index contributed by atoms with van der Waals surface area (Å²) in [7, 11) is 0. The molecule has 0 radical (unpaired) electrons. The van der Waals surface area contributed by atoms with Gasteiger partial charge in [-0.3, -0.25) is 14.2 Å². The highest BCUT2D eigenvalue weighted by Gasteiger charge is 2.22. The van der Waals surface area contributed by atoms with E-state index < -0.39 is 0 Å². The van der Waals surface area contributed by atoms with E-state index >= 15 is 0 Å². The van der Waals surface area contributed by atoms with Crippen molar-refractivity contribution in [2.45, 2.75) is 6.54 Å². The standard InChI is InChI=1S/C18H19N5O2/c24-17(20-13-14-5-1-3-7-19-14)16-15-6-2-4-8-23(15)18(21-16)22-9-11-25-12-10-22/h1-8H,9-13H2,(H,20,24). The zero-order valence-electron chi connectivity index (χ0n) is 13.8. The van der Waals surface area contributed by atoms with Crippen LogP contribution < -0.4 is 10.2 Å². The van der Waals surface area contributed by atoms with Gasteiger partial charge in [-0.1, -0.05) is 12.1 Å². The molecule has 3 aromatic rings. The first-order valence-corrected chi connectivity index (χ1v) is 8.31. The number of nitrogens with one attached hydrogen (secondary N) is 1. The zero-order chi connectivity index (χ0) is 17.1. The van der Waals surface area contributed by atoms with Crippen molar-refractivity contribution in [1.29, 1.82) is 0 Å².